The number of nitro groups is 1. The molecule has 0 unspecified atom stereocenters. The number of fused-ring (bicyclic) bond motifs is 1. The minimum Gasteiger partial charge on any atom is -0.318 e. The van der Waals surface area contributed by atoms with E-state index < -0.39 is 44.6 Å². The number of rotatable bonds is 3. The molecule has 0 saturated heterocycles. The molecule has 136 valence electrons. The van der Waals surface area contributed by atoms with Gasteiger partial charge in [0.2, 0.25) is 0 Å². The molecule has 1 aliphatic rings. The van der Waals surface area contributed by atoms with Crippen LogP contribution >= 0.6 is 23.2 Å². The number of hydrogen-bond acceptors (Lipinski definition) is 7. The van der Waals surface area contributed by atoms with Crippen molar-refractivity contribution in [3.8, 4) is 0 Å². The Labute approximate surface area is 160 Å². The highest BCUT2D eigenvalue weighted by atomic mass is 35.5. The zero-order valence-corrected chi connectivity index (χ0v) is 14.6. The van der Waals surface area contributed by atoms with Crippen LogP contribution in [0, 0.1) is 10.1 Å². The van der Waals surface area contributed by atoms with E-state index in [1.165, 1.54) is 12.1 Å². The number of anilines is 1. The largest absolute Gasteiger partial charge is 0.365 e. The van der Waals surface area contributed by atoms with Crippen molar-refractivity contribution in [1.29, 1.82) is 0 Å². The van der Waals surface area contributed by atoms with Gasteiger partial charge in [-0.3, -0.25) is 19.7 Å². The molecule has 0 bridgehead atoms. The Morgan fingerprint density at radius 2 is 1.85 bits per heavy atom. The summed E-state index contributed by atoms with van der Waals surface area (Å²) in [6.45, 7) is 0. The lowest BCUT2D eigenvalue weighted by atomic mass is 9.98. The standard InChI is InChI=1S/C16H7Cl2N3O6/c17-8-6-9-10(13(11(8)18)21(25)26)12(14(22)15(23)19-9)20-27-16(24)7-4-2-1-3-5-7/h1-6H,(H,19,23). The van der Waals surface area contributed by atoms with E-state index in [0.717, 1.165) is 6.07 Å². The Kier molecular flexibility index (Phi) is 4.89. The van der Waals surface area contributed by atoms with Crippen LogP contribution in [0.1, 0.15) is 15.9 Å². The number of halogens is 2. The third kappa shape index (κ3) is 3.37. The molecule has 3 rings (SSSR count). The predicted octanol–water partition coefficient (Wildman–Crippen LogP) is 2.98. The van der Waals surface area contributed by atoms with Gasteiger partial charge in [0.05, 0.1) is 21.2 Å². The number of oxime groups is 1. The molecule has 1 heterocycles. The van der Waals surface area contributed by atoms with Gasteiger partial charge in [-0.05, 0) is 18.2 Å². The van der Waals surface area contributed by atoms with Gasteiger partial charge < -0.3 is 10.2 Å². The molecule has 9 nitrogen and oxygen atoms in total. The number of amides is 1. The zero-order chi connectivity index (χ0) is 19.7. The number of benzene rings is 2. The van der Waals surface area contributed by atoms with E-state index in [-0.39, 0.29) is 16.3 Å². The molecular weight excluding hydrogens is 401 g/mol. The molecule has 0 aliphatic carbocycles. The number of carbonyl (C=O) groups excluding carboxylic acids is 3. The Balaban J connectivity index is 2.12. The van der Waals surface area contributed by atoms with Crippen LogP contribution in [-0.4, -0.2) is 28.3 Å². The van der Waals surface area contributed by atoms with Crippen LogP contribution in [0.15, 0.2) is 41.6 Å². The summed E-state index contributed by atoms with van der Waals surface area (Å²) in [4.78, 5) is 51.2. The summed E-state index contributed by atoms with van der Waals surface area (Å²) in [5.41, 5.74) is -1.92. The molecule has 11 heteroatoms. The minimum absolute atomic E-state index is 0.124. The second kappa shape index (κ2) is 7.14. The fourth-order valence-corrected chi connectivity index (χ4v) is 2.74. The summed E-state index contributed by atoms with van der Waals surface area (Å²) >= 11 is 11.7. The first-order valence-corrected chi connectivity index (χ1v) is 7.93. The van der Waals surface area contributed by atoms with E-state index in [4.69, 9.17) is 28.0 Å². The van der Waals surface area contributed by atoms with Crippen LogP contribution in [-0.2, 0) is 14.4 Å². The van der Waals surface area contributed by atoms with E-state index in [9.17, 15) is 24.5 Å². The summed E-state index contributed by atoms with van der Waals surface area (Å²) in [5.74, 6) is -3.28. The fourth-order valence-electron chi connectivity index (χ4n) is 2.32. The summed E-state index contributed by atoms with van der Waals surface area (Å²) in [7, 11) is 0. The van der Waals surface area contributed by atoms with Gasteiger partial charge in [0.25, 0.3) is 11.7 Å². The fraction of sp³-hybridized carbons (Fsp3) is 0. The normalized spacial score (nSPS) is 14.5. The molecule has 0 radical (unpaired) electrons. The number of nitro benzene ring substituents is 1. The van der Waals surface area contributed by atoms with Gasteiger partial charge in [-0.15, -0.1) is 0 Å². The summed E-state index contributed by atoms with van der Waals surface area (Å²) < 4.78 is 0. The highest BCUT2D eigenvalue weighted by Gasteiger charge is 2.39. The molecule has 0 fully saturated rings. The first kappa shape index (κ1) is 18.5. The summed E-state index contributed by atoms with van der Waals surface area (Å²) in [5, 5.41) is 16.3. The number of nitrogens with zero attached hydrogens (tertiary/aromatic N) is 2. The van der Waals surface area contributed by atoms with E-state index in [1.807, 2.05) is 0 Å². The number of hydrogen-bond donors (Lipinski definition) is 1. The quantitative estimate of drug-likeness (QED) is 0.360. The molecule has 27 heavy (non-hydrogen) atoms. The SMILES string of the molecule is O=C1Nc2cc(Cl)c(Cl)c([N+](=O)[O-])c2C(=NOC(=O)c2ccccc2)C1=O. The van der Waals surface area contributed by atoms with Crippen molar-refractivity contribution in [1.82, 2.24) is 0 Å². The summed E-state index contributed by atoms with van der Waals surface area (Å²) in [6.07, 6.45) is 0. The minimum atomic E-state index is -1.23. The molecule has 2 aromatic carbocycles. The highest BCUT2D eigenvalue weighted by Crippen LogP contribution is 2.41. The maximum atomic E-state index is 12.2. The topological polar surface area (TPSA) is 128 Å². The van der Waals surface area contributed by atoms with Crippen LogP contribution in [0.3, 0.4) is 0 Å². The average molecular weight is 408 g/mol. The monoisotopic (exact) mass is 407 g/mol. The van der Waals surface area contributed by atoms with Crippen molar-refractivity contribution in [3.63, 3.8) is 0 Å². The van der Waals surface area contributed by atoms with Gasteiger partial charge in [-0.1, -0.05) is 46.6 Å². The van der Waals surface area contributed by atoms with E-state index in [0.29, 0.717) is 0 Å². The molecule has 0 aromatic heterocycles. The molecular formula is C16H7Cl2N3O6. The third-order valence-electron chi connectivity index (χ3n) is 3.51. The number of nitrogens with one attached hydrogen (secondary N) is 1. The van der Waals surface area contributed by atoms with Crippen LogP contribution in [0.25, 0.3) is 0 Å². The van der Waals surface area contributed by atoms with Crippen LogP contribution in [0.5, 0.6) is 0 Å². The first-order valence-electron chi connectivity index (χ1n) is 7.18. The predicted molar refractivity (Wildman–Crippen MR) is 95.1 cm³/mol. The van der Waals surface area contributed by atoms with Crippen molar-refractivity contribution in [3.05, 3.63) is 67.7 Å². The average Bonchev–Trinajstić information content (AvgIpc) is 2.64. The maximum Gasteiger partial charge on any atom is 0.365 e. The molecule has 1 aliphatic heterocycles. The van der Waals surface area contributed by atoms with Gasteiger partial charge in [0.15, 0.2) is 5.71 Å². The number of ketones is 1. The number of Topliss-reactive ketones (excluding diaryl/α,β-unsaturated/α-hetero) is 1. The molecule has 2 aromatic rings. The number of carbonyl (C=O) groups is 3. The Morgan fingerprint density at radius 3 is 2.48 bits per heavy atom. The second-order valence-electron chi connectivity index (χ2n) is 5.17. The zero-order valence-electron chi connectivity index (χ0n) is 13.1. The first-order chi connectivity index (χ1) is 12.8. The van der Waals surface area contributed by atoms with Crippen molar-refractivity contribution in [2.45, 2.75) is 0 Å². The third-order valence-corrected chi connectivity index (χ3v) is 4.29. The van der Waals surface area contributed by atoms with Crippen molar-refractivity contribution in [2.24, 2.45) is 5.16 Å². The van der Waals surface area contributed by atoms with Gasteiger partial charge in [-0.2, -0.15) is 0 Å². The van der Waals surface area contributed by atoms with Gasteiger partial charge >= 0.3 is 11.7 Å². The van der Waals surface area contributed by atoms with Crippen molar-refractivity contribution < 1.29 is 24.1 Å². The van der Waals surface area contributed by atoms with Crippen molar-refractivity contribution in [2.75, 3.05) is 5.32 Å². The van der Waals surface area contributed by atoms with E-state index in [2.05, 4.69) is 10.5 Å². The maximum absolute atomic E-state index is 12.2. The molecule has 1 amide bonds. The Morgan fingerprint density at radius 1 is 1.19 bits per heavy atom. The van der Waals surface area contributed by atoms with Crippen LogP contribution < -0.4 is 5.32 Å². The van der Waals surface area contributed by atoms with Gasteiger partial charge in [0, 0.05) is 0 Å². The van der Waals surface area contributed by atoms with Crippen molar-refractivity contribution >= 4 is 57.9 Å². The lowest BCUT2D eigenvalue weighted by molar-refractivity contribution is -0.384. The van der Waals surface area contributed by atoms with Crippen LogP contribution in [0.4, 0.5) is 11.4 Å². The molecule has 0 spiro atoms. The molecule has 1 N–H and O–H groups in total. The summed E-state index contributed by atoms with van der Waals surface area (Å²) in [6, 6.07) is 8.82. The Bertz CT molecular complexity index is 1040. The lowest BCUT2D eigenvalue weighted by Crippen LogP contribution is -2.37. The van der Waals surface area contributed by atoms with E-state index in [1.54, 1.807) is 18.2 Å². The Hall–Kier alpha value is -3.30. The molecule has 0 atom stereocenters. The van der Waals surface area contributed by atoms with Gasteiger partial charge in [-0.25, -0.2) is 4.79 Å². The second-order valence-corrected chi connectivity index (χ2v) is 5.95. The van der Waals surface area contributed by atoms with Crippen LogP contribution in [0.2, 0.25) is 10.0 Å². The lowest BCUT2D eigenvalue weighted by Gasteiger charge is -2.18. The smallest absolute Gasteiger partial charge is 0.318 e. The highest BCUT2D eigenvalue weighted by molar-refractivity contribution is 6.72. The van der Waals surface area contributed by atoms with Gasteiger partial charge in [0.1, 0.15) is 10.6 Å². The molecule has 0 saturated carbocycles. The van der Waals surface area contributed by atoms with E-state index >= 15 is 0 Å².